The molecule has 33 heavy (non-hydrogen) atoms. The van der Waals surface area contributed by atoms with Gasteiger partial charge in [0.1, 0.15) is 6.61 Å². The maximum absolute atomic E-state index is 12.7. The van der Waals surface area contributed by atoms with Gasteiger partial charge >= 0.3 is 0 Å². The molecule has 0 atom stereocenters. The lowest BCUT2D eigenvalue weighted by atomic mass is 10.2. The maximum Gasteiger partial charge on any atom is 0.289 e. The highest BCUT2D eigenvalue weighted by Gasteiger charge is 2.20. The third-order valence-corrected chi connectivity index (χ3v) is 6.16. The lowest BCUT2D eigenvalue weighted by Gasteiger charge is -2.15. The number of nitrogens with one attached hydrogen (secondary N) is 3. The molecule has 0 saturated carbocycles. The molecule has 2 aromatic heterocycles. The summed E-state index contributed by atoms with van der Waals surface area (Å²) in [5, 5.41) is 16.7. The van der Waals surface area contributed by atoms with Crippen molar-refractivity contribution in [2.75, 3.05) is 28.7 Å². The zero-order chi connectivity index (χ0) is 24.4. The Kier molecular flexibility index (Phi) is 10.4. The largest absolute Gasteiger partial charge is 0.463 e. The first-order valence-corrected chi connectivity index (χ1v) is 12.7. The summed E-state index contributed by atoms with van der Waals surface area (Å²) in [5.74, 6) is -0.634. The van der Waals surface area contributed by atoms with Gasteiger partial charge in [0.2, 0.25) is 0 Å². The standard InChI is InChI=1S/C19H15ClN4O3S2.2C2H6/c20-16-6-5-15(29-16)18(26)23-14-10-28-9-13(14)17(25)22-11-1-3-12(4-2-11)24-7-8-27-19(24)21;2*1-2/h1-6,9-10,21H,7-8H2,(H,22,25)(H,23,26);2*1-2H3. The Labute approximate surface area is 206 Å². The lowest BCUT2D eigenvalue weighted by Crippen LogP contribution is -2.23. The summed E-state index contributed by atoms with van der Waals surface area (Å²) >= 11 is 8.37. The third-order valence-electron chi connectivity index (χ3n) is 4.19. The normalized spacial score (nSPS) is 12.0. The highest BCUT2D eigenvalue weighted by Crippen LogP contribution is 2.27. The van der Waals surface area contributed by atoms with Crippen molar-refractivity contribution >= 4 is 69.2 Å². The molecule has 1 aliphatic heterocycles. The second kappa shape index (κ2) is 13.0. The van der Waals surface area contributed by atoms with Crippen molar-refractivity contribution in [1.29, 1.82) is 5.41 Å². The average Bonchev–Trinajstić information content (AvgIpc) is 3.58. The fourth-order valence-corrected chi connectivity index (χ4v) is 4.47. The van der Waals surface area contributed by atoms with E-state index >= 15 is 0 Å². The smallest absolute Gasteiger partial charge is 0.289 e. The van der Waals surface area contributed by atoms with E-state index in [1.165, 1.54) is 22.7 Å². The van der Waals surface area contributed by atoms with Gasteiger partial charge in [-0.1, -0.05) is 39.3 Å². The van der Waals surface area contributed by atoms with Gasteiger partial charge in [0.25, 0.3) is 17.8 Å². The number of amidine groups is 1. The number of hydrogen-bond donors (Lipinski definition) is 3. The van der Waals surface area contributed by atoms with E-state index in [1.807, 2.05) is 39.8 Å². The van der Waals surface area contributed by atoms with Crippen LogP contribution in [0.15, 0.2) is 47.2 Å². The SMILES string of the molecule is CC.CC.N=C1OCCN1c1ccc(NC(=O)c2cscc2NC(=O)c2ccc(Cl)s2)cc1. The molecule has 1 aromatic carbocycles. The summed E-state index contributed by atoms with van der Waals surface area (Å²) in [7, 11) is 0. The van der Waals surface area contributed by atoms with Crippen molar-refractivity contribution in [2.24, 2.45) is 0 Å². The Bertz CT molecular complexity index is 1080. The summed E-state index contributed by atoms with van der Waals surface area (Å²) in [5.41, 5.74) is 2.26. The van der Waals surface area contributed by atoms with Crippen molar-refractivity contribution in [3.8, 4) is 0 Å². The highest BCUT2D eigenvalue weighted by molar-refractivity contribution is 7.18. The van der Waals surface area contributed by atoms with E-state index in [0.29, 0.717) is 39.3 Å². The molecule has 0 aliphatic carbocycles. The van der Waals surface area contributed by atoms with Gasteiger partial charge < -0.3 is 15.4 Å². The molecular weight excluding hydrogens is 480 g/mol. The number of anilines is 3. The molecule has 1 saturated heterocycles. The van der Waals surface area contributed by atoms with Crippen molar-refractivity contribution in [3.63, 3.8) is 0 Å². The van der Waals surface area contributed by atoms with Crippen LogP contribution in [-0.4, -0.2) is 31.0 Å². The summed E-state index contributed by atoms with van der Waals surface area (Å²) in [6, 6.07) is 10.6. The third kappa shape index (κ3) is 6.80. The molecule has 3 N–H and O–H groups in total. The first-order chi connectivity index (χ1) is 16.0. The van der Waals surface area contributed by atoms with Crippen molar-refractivity contribution in [3.05, 3.63) is 61.9 Å². The molecule has 4 rings (SSSR count). The van der Waals surface area contributed by atoms with Gasteiger partial charge in [-0.15, -0.1) is 22.7 Å². The fraction of sp³-hybridized carbons (Fsp3) is 0.261. The molecule has 3 heterocycles. The van der Waals surface area contributed by atoms with Crippen LogP contribution in [0.5, 0.6) is 0 Å². The molecule has 0 radical (unpaired) electrons. The van der Waals surface area contributed by atoms with Gasteiger partial charge in [-0.05, 0) is 36.4 Å². The van der Waals surface area contributed by atoms with Crippen molar-refractivity contribution < 1.29 is 14.3 Å². The topological polar surface area (TPSA) is 94.5 Å². The summed E-state index contributed by atoms with van der Waals surface area (Å²) in [6.45, 7) is 9.11. The van der Waals surface area contributed by atoms with Crippen molar-refractivity contribution in [2.45, 2.75) is 27.7 Å². The molecule has 0 spiro atoms. The second-order valence-corrected chi connectivity index (χ2v) is 8.52. The zero-order valence-corrected chi connectivity index (χ0v) is 21.3. The predicted molar refractivity (Wildman–Crippen MR) is 140 cm³/mol. The monoisotopic (exact) mass is 506 g/mol. The number of hydrogen-bond acceptors (Lipinski definition) is 6. The number of nitrogens with zero attached hydrogens (tertiary/aromatic N) is 1. The van der Waals surface area contributed by atoms with Crippen LogP contribution in [0.4, 0.5) is 17.1 Å². The van der Waals surface area contributed by atoms with Crippen LogP contribution in [0.3, 0.4) is 0 Å². The van der Waals surface area contributed by atoms with Crippen molar-refractivity contribution in [1.82, 2.24) is 0 Å². The van der Waals surface area contributed by atoms with Gasteiger partial charge in [-0.2, -0.15) is 0 Å². The van der Waals surface area contributed by atoms with Crippen LogP contribution in [0.1, 0.15) is 47.7 Å². The quantitative estimate of drug-likeness (QED) is 0.355. The Morgan fingerprint density at radius 3 is 2.27 bits per heavy atom. The van der Waals surface area contributed by atoms with Crippen LogP contribution in [0, 0.1) is 5.41 Å². The minimum atomic E-state index is -0.323. The molecular formula is C23H27ClN4O3S2. The lowest BCUT2D eigenvalue weighted by molar-refractivity contribution is 0.102. The number of carbonyl (C=O) groups excluding carboxylic acids is 2. The van der Waals surface area contributed by atoms with Gasteiger partial charge in [0, 0.05) is 22.1 Å². The number of amides is 2. The van der Waals surface area contributed by atoms with E-state index in [4.69, 9.17) is 21.7 Å². The van der Waals surface area contributed by atoms with E-state index in [1.54, 1.807) is 39.9 Å². The summed E-state index contributed by atoms with van der Waals surface area (Å²) in [4.78, 5) is 27.2. The highest BCUT2D eigenvalue weighted by atomic mass is 35.5. The summed E-state index contributed by atoms with van der Waals surface area (Å²) < 4.78 is 5.67. The molecule has 176 valence electrons. The fourth-order valence-electron chi connectivity index (χ4n) is 2.77. The molecule has 0 unspecified atom stereocenters. The maximum atomic E-state index is 12.7. The molecule has 1 fully saturated rings. The minimum Gasteiger partial charge on any atom is -0.463 e. The Balaban J connectivity index is 0.000000914. The van der Waals surface area contributed by atoms with E-state index in [-0.39, 0.29) is 17.8 Å². The Hall–Kier alpha value is -2.88. The van der Waals surface area contributed by atoms with Gasteiger partial charge in [-0.3, -0.25) is 19.9 Å². The van der Waals surface area contributed by atoms with Crippen LogP contribution >= 0.6 is 34.3 Å². The van der Waals surface area contributed by atoms with Gasteiger partial charge in [0.15, 0.2) is 0 Å². The Morgan fingerprint density at radius 2 is 1.70 bits per heavy atom. The molecule has 10 heteroatoms. The number of halogens is 1. The molecule has 2 amide bonds. The molecule has 7 nitrogen and oxygen atoms in total. The number of benzene rings is 1. The number of carbonyl (C=O) groups is 2. The number of rotatable bonds is 5. The molecule has 3 aromatic rings. The molecule has 0 bridgehead atoms. The average molecular weight is 507 g/mol. The zero-order valence-electron chi connectivity index (χ0n) is 18.9. The second-order valence-electron chi connectivity index (χ2n) is 6.06. The van der Waals surface area contributed by atoms with Crippen LogP contribution in [0.25, 0.3) is 0 Å². The first kappa shape index (κ1) is 26.4. The van der Waals surface area contributed by atoms with E-state index in [0.717, 1.165) is 5.69 Å². The van der Waals surface area contributed by atoms with Crippen LogP contribution < -0.4 is 15.5 Å². The van der Waals surface area contributed by atoms with E-state index in [2.05, 4.69) is 10.6 Å². The van der Waals surface area contributed by atoms with Crippen LogP contribution in [-0.2, 0) is 4.74 Å². The predicted octanol–water partition coefficient (Wildman–Crippen LogP) is 6.79. The van der Waals surface area contributed by atoms with Gasteiger partial charge in [-0.25, -0.2) is 0 Å². The van der Waals surface area contributed by atoms with Gasteiger partial charge in [0.05, 0.1) is 27.0 Å². The van der Waals surface area contributed by atoms with Crippen LogP contribution in [0.2, 0.25) is 4.34 Å². The number of thiophene rings is 2. The summed E-state index contributed by atoms with van der Waals surface area (Å²) in [6.07, 6.45) is 0. The first-order valence-electron chi connectivity index (χ1n) is 10.5. The van der Waals surface area contributed by atoms with E-state index in [9.17, 15) is 9.59 Å². The van der Waals surface area contributed by atoms with E-state index < -0.39 is 0 Å². The minimum absolute atomic E-state index is 0.118. The Morgan fingerprint density at radius 1 is 1.00 bits per heavy atom. The number of ether oxygens (including phenoxy) is 1. The molecule has 1 aliphatic rings.